The molecule has 1 N–H and O–H groups in total. The van der Waals surface area contributed by atoms with Crippen molar-refractivity contribution in [3.8, 4) is 0 Å². The van der Waals surface area contributed by atoms with Crippen molar-refractivity contribution in [1.29, 1.82) is 0 Å². The third-order valence-corrected chi connectivity index (χ3v) is 4.47. The summed E-state index contributed by atoms with van der Waals surface area (Å²) in [6.07, 6.45) is 1.74. The highest BCUT2D eigenvalue weighted by Crippen LogP contribution is 2.38. The molecule has 0 amide bonds. The topological polar surface area (TPSA) is 30.5 Å². The Bertz CT molecular complexity index is 574. The minimum Gasteiger partial charge on any atom is -0.400 e. The molecule has 1 aromatic carbocycles. The molecule has 2 rings (SSSR count). The van der Waals surface area contributed by atoms with Gasteiger partial charge in [-0.1, -0.05) is 17.7 Å². The van der Waals surface area contributed by atoms with Crippen molar-refractivity contribution in [2.24, 2.45) is 0 Å². The van der Waals surface area contributed by atoms with Gasteiger partial charge in [0.25, 0.3) is 0 Å². The largest absolute Gasteiger partial charge is 0.491 e. The van der Waals surface area contributed by atoms with Crippen molar-refractivity contribution in [1.82, 2.24) is 5.32 Å². The first-order valence-corrected chi connectivity index (χ1v) is 7.70. The maximum absolute atomic E-state index is 14.0. The van der Waals surface area contributed by atoms with Crippen molar-refractivity contribution in [2.45, 2.75) is 38.9 Å². The summed E-state index contributed by atoms with van der Waals surface area (Å²) >= 11 is 5.95. The number of hydrogen-bond acceptors (Lipinski definition) is 3. The molecule has 6 heteroatoms. The molecule has 1 fully saturated rings. The van der Waals surface area contributed by atoms with E-state index in [0.717, 1.165) is 5.47 Å². The molecule has 3 nitrogen and oxygen atoms in total. The molecule has 1 aliphatic heterocycles. The van der Waals surface area contributed by atoms with E-state index < -0.39 is 18.3 Å². The summed E-state index contributed by atoms with van der Waals surface area (Å²) in [6.45, 7) is 8.49. The predicted molar refractivity (Wildman–Crippen MR) is 89.4 cm³/mol. The molecule has 1 heterocycles. The zero-order valence-corrected chi connectivity index (χ0v) is 14.4. The van der Waals surface area contributed by atoms with Gasteiger partial charge in [-0.3, -0.25) is 0 Å². The molecule has 0 spiro atoms. The van der Waals surface area contributed by atoms with Crippen LogP contribution in [0.4, 0.5) is 4.39 Å². The molecule has 0 saturated carbocycles. The molecule has 0 aromatic heterocycles. The Labute approximate surface area is 137 Å². The number of halogens is 2. The Kier molecular flexibility index (Phi) is 5.02. The number of benzene rings is 1. The number of nitrogens with one attached hydrogen (secondary N) is 1. The molecule has 0 unspecified atom stereocenters. The first kappa shape index (κ1) is 17.5. The first-order valence-electron chi connectivity index (χ1n) is 7.32. The van der Waals surface area contributed by atoms with E-state index in [9.17, 15) is 4.39 Å². The van der Waals surface area contributed by atoms with E-state index in [-0.39, 0.29) is 5.82 Å². The van der Waals surface area contributed by atoms with Gasteiger partial charge in [0.1, 0.15) is 5.82 Å². The fourth-order valence-electron chi connectivity index (χ4n) is 2.23. The minimum atomic E-state index is -0.518. The average molecular weight is 326 g/mol. The van der Waals surface area contributed by atoms with Gasteiger partial charge < -0.3 is 14.6 Å². The summed E-state index contributed by atoms with van der Waals surface area (Å²) < 4.78 is 26.0. The van der Waals surface area contributed by atoms with Crippen molar-refractivity contribution in [2.75, 3.05) is 13.6 Å². The van der Waals surface area contributed by atoms with E-state index in [1.54, 1.807) is 12.1 Å². The van der Waals surface area contributed by atoms with Crippen LogP contribution in [0.5, 0.6) is 0 Å². The third-order valence-electron chi connectivity index (χ3n) is 4.24. The van der Waals surface area contributed by atoms with Gasteiger partial charge >= 0.3 is 7.12 Å². The van der Waals surface area contributed by atoms with E-state index in [1.807, 2.05) is 34.7 Å². The maximum Gasteiger partial charge on any atom is 0.491 e. The van der Waals surface area contributed by atoms with Crippen LogP contribution < -0.4 is 5.32 Å². The summed E-state index contributed by atoms with van der Waals surface area (Å²) in [5, 5.41) is 3.56. The van der Waals surface area contributed by atoms with E-state index in [1.165, 1.54) is 12.1 Å². The summed E-state index contributed by atoms with van der Waals surface area (Å²) in [5.74, 6) is -0.325. The highest BCUT2D eigenvalue weighted by molar-refractivity contribution is 6.56. The summed E-state index contributed by atoms with van der Waals surface area (Å²) in [5.41, 5.74) is 0.379. The Morgan fingerprint density at radius 3 is 2.41 bits per heavy atom. The van der Waals surface area contributed by atoms with Gasteiger partial charge in [0.15, 0.2) is 0 Å². The molecule has 1 aromatic rings. The smallest absolute Gasteiger partial charge is 0.400 e. The summed E-state index contributed by atoms with van der Waals surface area (Å²) in [7, 11) is 1.31. The molecule has 0 radical (unpaired) electrons. The van der Waals surface area contributed by atoms with Crippen LogP contribution in [0.3, 0.4) is 0 Å². The lowest BCUT2D eigenvalue weighted by molar-refractivity contribution is 0.00578. The molecular formula is C16H22BClFNO2. The number of rotatable bonds is 4. The third kappa shape index (κ3) is 3.54. The van der Waals surface area contributed by atoms with E-state index in [2.05, 4.69) is 5.32 Å². The fourth-order valence-corrected chi connectivity index (χ4v) is 2.41. The van der Waals surface area contributed by atoms with Crippen LogP contribution >= 0.6 is 11.6 Å². The zero-order chi connectivity index (χ0) is 16.5. The van der Waals surface area contributed by atoms with Gasteiger partial charge in [0, 0.05) is 17.1 Å². The van der Waals surface area contributed by atoms with Gasteiger partial charge in [0.2, 0.25) is 0 Å². The van der Waals surface area contributed by atoms with E-state index in [0.29, 0.717) is 17.1 Å². The highest BCUT2D eigenvalue weighted by atomic mass is 35.5. The SMILES string of the molecule is CNCC(=Cc1cc(Cl)ccc1F)B1OC(C)(C)C(C)(C)O1. The van der Waals surface area contributed by atoms with E-state index >= 15 is 0 Å². The van der Waals surface area contributed by atoms with Crippen LogP contribution in [0.1, 0.15) is 33.3 Å². The molecule has 0 aliphatic carbocycles. The van der Waals surface area contributed by atoms with Gasteiger partial charge in [-0.15, -0.1) is 0 Å². The molecule has 1 aliphatic rings. The molecule has 120 valence electrons. The Hall–Kier alpha value is -0.875. The predicted octanol–water partition coefficient (Wildman–Crippen LogP) is 3.71. The minimum absolute atomic E-state index is 0.325. The van der Waals surface area contributed by atoms with Crippen LogP contribution in [0.25, 0.3) is 6.08 Å². The van der Waals surface area contributed by atoms with Crippen molar-refractivity contribution in [3.63, 3.8) is 0 Å². The normalized spacial score (nSPS) is 20.5. The number of hydrogen-bond donors (Lipinski definition) is 1. The second-order valence-electron chi connectivity index (χ2n) is 6.50. The summed E-state index contributed by atoms with van der Waals surface area (Å²) in [4.78, 5) is 0. The van der Waals surface area contributed by atoms with Crippen LogP contribution in [0.2, 0.25) is 5.02 Å². The fraction of sp³-hybridized carbons (Fsp3) is 0.500. The first-order chi connectivity index (χ1) is 10.2. The van der Waals surface area contributed by atoms with Gasteiger partial charge in [0.05, 0.1) is 11.2 Å². The Morgan fingerprint density at radius 2 is 1.86 bits per heavy atom. The van der Waals surface area contributed by atoms with Gasteiger partial charge in [-0.2, -0.15) is 0 Å². The molecule has 0 atom stereocenters. The lowest BCUT2D eigenvalue weighted by Gasteiger charge is -2.32. The van der Waals surface area contributed by atoms with Gasteiger partial charge in [-0.25, -0.2) is 4.39 Å². The van der Waals surface area contributed by atoms with E-state index in [4.69, 9.17) is 20.9 Å². The van der Waals surface area contributed by atoms with Crippen LogP contribution in [-0.4, -0.2) is 31.9 Å². The maximum atomic E-state index is 14.0. The second-order valence-corrected chi connectivity index (χ2v) is 6.94. The standard InChI is InChI=1S/C16H22BClFNO2/c1-15(2)16(3,4)22-17(21-15)12(10-20-5)8-11-9-13(18)6-7-14(11)19/h6-9,20H,10H2,1-5H3. The lowest BCUT2D eigenvalue weighted by atomic mass is 9.77. The summed E-state index contributed by atoms with van der Waals surface area (Å²) in [6, 6.07) is 4.48. The van der Waals surface area contributed by atoms with Crippen LogP contribution in [0.15, 0.2) is 23.7 Å². The van der Waals surface area contributed by atoms with Crippen LogP contribution in [-0.2, 0) is 9.31 Å². The Morgan fingerprint density at radius 1 is 1.27 bits per heavy atom. The average Bonchev–Trinajstić information content (AvgIpc) is 2.62. The molecule has 1 saturated heterocycles. The van der Waals surface area contributed by atoms with Gasteiger partial charge in [-0.05, 0) is 58.4 Å². The zero-order valence-electron chi connectivity index (χ0n) is 13.7. The lowest BCUT2D eigenvalue weighted by Crippen LogP contribution is -2.41. The monoisotopic (exact) mass is 325 g/mol. The molecule has 0 bridgehead atoms. The quantitative estimate of drug-likeness (QED) is 0.856. The van der Waals surface area contributed by atoms with Crippen molar-refractivity contribution >= 4 is 24.8 Å². The number of likely N-dealkylation sites (N-methyl/N-ethyl adjacent to an activating group) is 1. The van der Waals surface area contributed by atoms with Crippen molar-refractivity contribution in [3.05, 3.63) is 40.1 Å². The van der Waals surface area contributed by atoms with Crippen molar-refractivity contribution < 1.29 is 13.7 Å². The molecule has 22 heavy (non-hydrogen) atoms. The van der Waals surface area contributed by atoms with Crippen LogP contribution in [0, 0.1) is 5.82 Å². The molecular weight excluding hydrogens is 303 g/mol. The Balaban J connectivity index is 2.35. The highest BCUT2D eigenvalue weighted by Gasteiger charge is 2.52. The second kappa shape index (κ2) is 6.32.